The van der Waals surface area contributed by atoms with E-state index in [9.17, 15) is 49.1 Å². The van der Waals surface area contributed by atoms with E-state index >= 15 is 0 Å². The van der Waals surface area contributed by atoms with Crippen molar-refractivity contribution < 1.29 is 58.6 Å². The fourth-order valence-electron chi connectivity index (χ4n) is 5.63. The van der Waals surface area contributed by atoms with Crippen LogP contribution >= 0.6 is 0 Å². The maximum Gasteiger partial charge on any atom is 0.573 e. The molecule has 6 nitrogen and oxygen atoms in total. The van der Waals surface area contributed by atoms with Crippen molar-refractivity contribution >= 4 is 17.7 Å². The molecule has 2 amide bonds. The van der Waals surface area contributed by atoms with E-state index in [1.54, 1.807) is 0 Å². The van der Waals surface area contributed by atoms with Gasteiger partial charge in [0.1, 0.15) is 11.9 Å². The number of ether oxygens (including phenoxy) is 2. The molecule has 0 radical (unpaired) electrons. The summed E-state index contributed by atoms with van der Waals surface area (Å²) in [5.41, 5.74) is -3.52. The minimum absolute atomic E-state index is 0.0259. The molecule has 1 saturated carbocycles. The Hall–Kier alpha value is -3.65. The molecule has 2 aromatic rings. The van der Waals surface area contributed by atoms with Crippen molar-refractivity contribution in [3.8, 4) is 5.75 Å². The number of nitrogens with zero attached hydrogens (tertiary/aromatic N) is 2. The van der Waals surface area contributed by atoms with Crippen LogP contribution in [0.25, 0.3) is 0 Å². The summed E-state index contributed by atoms with van der Waals surface area (Å²) in [4.78, 5) is 28.4. The van der Waals surface area contributed by atoms with Crippen molar-refractivity contribution in [1.29, 1.82) is 0 Å². The monoisotopic (exact) mass is 640 g/mol. The zero-order valence-electron chi connectivity index (χ0n) is 23.6. The molecule has 1 aliphatic carbocycles. The van der Waals surface area contributed by atoms with E-state index in [0.717, 1.165) is 35.6 Å². The van der Waals surface area contributed by atoms with Gasteiger partial charge in [0, 0.05) is 26.1 Å². The van der Waals surface area contributed by atoms with Crippen molar-refractivity contribution in [3.63, 3.8) is 0 Å². The van der Waals surface area contributed by atoms with Gasteiger partial charge < -0.3 is 14.4 Å². The molecule has 2 aromatic carbocycles. The van der Waals surface area contributed by atoms with Crippen LogP contribution in [0.15, 0.2) is 30.3 Å². The first-order valence-corrected chi connectivity index (χ1v) is 13.8. The summed E-state index contributed by atoms with van der Waals surface area (Å²) in [5.74, 6) is -1.35. The minimum atomic E-state index is -5.11. The summed E-state index contributed by atoms with van der Waals surface area (Å²) in [5, 5.41) is 0. The van der Waals surface area contributed by atoms with Crippen LogP contribution < -0.4 is 9.64 Å². The molecule has 44 heavy (non-hydrogen) atoms. The quantitative estimate of drug-likeness (QED) is 0.307. The highest BCUT2D eigenvalue weighted by Crippen LogP contribution is 2.43. The number of benzene rings is 2. The van der Waals surface area contributed by atoms with E-state index < -0.39 is 71.8 Å². The Morgan fingerprint density at radius 1 is 0.864 bits per heavy atom. The number of amides is 2. The number of hydrogen-bond acceptors (Lipinski definition) is 4. The molecule has 4 rings (SSSR count). The lowest BCUT2D eigenvalue weighted by Gasteiger charge is -2.33. The Bertz CT molecular complexity index is 1350. The van der Waals surface area contributed by atoms with Crippen LogP contribution in [0.5, 0.6) is 5.75 Å². The fraction of sp³-hybridized carbons (Fsp3) is 0.517. The van der Waals surface area contributed by atoms with E-state index in [1.807, 2.05) is 0 Å². The van der Waals surface area contributed by atoms with Crippen LogP contribution in [0.4, 0.5) is 50.0 Å². The van der Waals surface area contributed by atoms with Gasteiger partial charge in [-0.25, -0.2) is 4.79 Å². The van der Waals surface area contributed by atoms with Crippen LogP contribution in [0.3, 0.4) is 0 Å². The number of anilines is 1. The summed E-state index contributed by atoms with van der Waals surface area (Å²) in [7, 11) is 0. The molecule has 0 saturated heterocycles. The van der Waals surface area contributed by atoms with E-state index in [0.29, 0.717) is 25.0 Å². The first kappa shape index (κ1) is 33.2. The molecule has 1 atom stereocenters. The third kappa shape index (κ3) is 7.89. The highest BCUT2D eigenvalue weighted by molar-refractivity contribution is 5.90. The molecule has 15 heteroatoms. The highest BCUT2D eigenvalue weighted by atomic mass is 19.4. The van der Waals surface area contributed by atoms with Gasteiger partial charge in [-0.15, -0.1) is 13.2 Å². The van der Waals surface area contributed by atoms with Crippen LogP contribution in [-0.2, 0) is 28.4 Å². The summed E-state index contributed by atoms with van der Waals surface area (Å²) in [6.07, 6.45) is -13.4. The lowest BCUT2D eigenvalue weighted by atomic mass is 9.96. The van der Waals surface area contributed by atoms with Gasteiger partial charge in [0.25, 0.3) is 0 Å². The maximum atomic E-state index is 13.5. The molecule has 0 spiro atoms. The van der Waals surface area contributed by atoms with Gasteiger partial charge in [-0.1, -0.05) is 0 Å². The van der Waals surface area contributed by atoms with Crippen LogP contribution in [-0.4, -0.2) is 35.9 Å². The Balaban J connectivity index is 1.80. The number of rotatable bonds is 5. The molecule has 242 valence electrons. The van der Waals surface area contributed by atoms with Crippen LogP contribution in [0.2, 0.25) is 0 Å². The van der Waals surface area contributed by atoms with Crippen molar-refractivity contribution in [2.75, 3.05) is 11.4 Å². The molecule has 1 heterocycles. The SMILES string of the molecule is CC(=O)N(Cc1cc(C(F)(F)F)cc(C(F)(F)F)c1)C1CCCN(C(=O)OC2CCCC2)c2cc(OC(F)(F)F)c(C)cc21. The third-order valence-corrected chi connectivity index (χ3v) is 7.63. The van der Waals surface area contributed by atoms with Gasteiger partial charge in [-0.3, -0.25) is 9.69 Å². The van der Waals surface area contributed by atoms with Gasteiger partial charge >= 0.3 is 24.8 Å². The number of aryl methyl sites for hydroxylation is 1. The van der Waals surface area contributed by atoms with Crippen molar-refractivity contribution in [2.24, 2.45) is 0 Å². The van der Waals surface area contributed by atoms with Crippen LogP contribution in [0, 0.1) is 6.92 Å². The Morgan fingerprint density at radius 3 is 1.98 bits per heavy atom. The molecule has 0 aromatic heterocycles. The topological polar surface area (TPSA) is 59.1 Å². The summed E-state index contributed by atoms with van der Waals surface area (Å²) >= 11 is 0. The van der Waals surface area contributed by atoms with Gasteiger partial charge in [-0.2, -0.15) is 26.3 Å². The lowest BCUT2D eigenvalue weighted by molar-refractivity contribution is -0.274. The first-order valence-electron chi connectivity index (χ1n) is 13.8. The van der Waals surface area contributed by atoms with Crippen molar-refractivity contribution in [2.45, 2.75) is 89.8 Å². The van der Waals surface area contributed by atoms with Crippen LogP contribution in [0.1, 0.15) is 79.3 Å². The molecule has 2 aliphatic rings. The second kappa shape index (κ2) is 12.4. The molecule has 1 aliphatic heterocycles. The third-order valence-electron chi connectivity index (χ3n) is 7.63. The Morgan fingerprint density at radius 2 is 1.45 bits per heavy atom. The molecular formula is C29H29F9N2O4. The average molecular weight is 641 g/mol. The average Bonchev–Trinajstić information content (AvgIpc) is 3.33. The Kier molecular flexibility index (Phi) is 9.36. The van der Waals surface area contributed by atoms with Crippen molar-refractivity contribution in [1.82, 2.24) is 4.90 Å². The molecule has 0 bridgehead atoms. The summed E-state index contributed by atoms with van der Waals surface area (Å²) in [6, 6.07) is 2.22. The molecule has 0 N–H and O–H groups in total. The normalized spacial score (nSPS) is 18.1. The molecule has 1 fully saturated rings. The predicted molar refractivity (Wildman–Crippen MR) is 139 cm³/mol. The number of fused-ring (bicyclic) bond motifs is 1. The van der Waals surface area contributed by atoms with Gasteiger partial charge in [0.05, 0.1) is 22.9 Å². The number of carbonyl (C=O) groups is 2. The predicted octanol–water partition coefficient (Wildman–Crippen LogP) is 8.70. The largest absolute Gasteiger partial charge is 0.573 e. The number of carbonyl (C=O) groups excluding carboxylic acids is 2. The zero-order valence-corrected chi connectivity index (χ0v) is 23.6. The second-order valence-electron chi connectivity index (χ2n) is 10.9. The van der Waals surface area contributed by atoms with Gasteiger partial charge in [0.15, 0.2) is 0 Å². The number of alkyl halides is 9. The smallest absolute Gasteiger partial charge is 0.446 e. The summed E-state index contributed by atoms with van der Waals surface area (Å²) < 4.78 is 130. The van der Waals surface area contributed by atoms with E-state index in [1.165, 1.54) is 13.0 Å². The number of halogens is 9. The van der Waals surface area contributed by atoms with Gasteiger partial charge in [0.2, 0.25) is 5.91 Å². The first-order chi connectivity index (χ1) is 20.3. The highest BCUT2D eigenvalue weighted by Gasteiger charge is 2.39. The summed E-state index contributed by atoms with van der Waals surface area (Å²) in [6.45, 7) is 1.64. The Labute approximate surface area is 246 Å². The molecule has 1 unspecified atom stereocenters. The lowest BCUT2D eigenvalue weighted by Crippen LogP contribution is -2.35. The van der Waals surface area contributed by atoms with Crippen molar-refractivity contribution in [3.05, 3.63) is 58.1 Å². The fourth-order valence-corrected chi connectivity index (χ4v) is 5.63. The van der Waals surface area contributed by atoms with E-state index in [2.05, 4.69) is 4.74 Å². The molecular weight excluding hydrogens is 611 g/mol. The van der Waals surface area contributed by atoms with Gasteiger partial charge in [-0.05, 0) is 86.4 Å². The number of hydrogen-bond donors (Lipinski definition) is 0. The van der Waals surface area contributed by atoms with E-state index in [4.69, 9.17) is 4.74 Å². The zero-order chi connectivity index (χ0) is 32.6. The second-order valence-corrected chi connectivity index (χ2v) is 10.9. The van der Waals surface area contributed by atoms with E-state index in [-0.39, 0.29) is 42.3 Å². The standard InChI is InChI=1S/C29H29F9N2O4/c1-16-10-22-23(40(17(2)41)15-18-11-19(27(30,31)32)13-20(12-18)28(33,34)35)8-5-9-39(26(42)43-21-6-3-4-7-21)24(22)14-25(16)44-29(36,37)38/h10-14,21,23H,3-9,15H2,1-2H3. The maximum absolute atomic E-state index is 13.5. The minimum Gasteiger partial charge on any atom is -0.446 e.